The number of aromatic nitrogens is 4. The van der Waals surface area contributed by atoms with E-state index in [2.05, 4.69) is 9.80 Å². The molecular weight excluding hydrogens is 479 g/mol. The predicted molar refractivity (Wildman–Crippen MR) is 141 cm³/mol. The van der Waals surface area contributed by atoms with E-state index in [4.69, 9.17) is 38.3 Å². The highest BCUT2D eigenvalue weighted by molar-refractivity contribution is 6.32. The van der Waals surface area contributed by atoms with Crippen molar-refractivity contribution in [2.45, 2.75) is 50.2 Å². The number of anilines is 1. The van der Waals surface area contributed by atoms with Gasteiger partial charge in [0.05, 0.1) is 10.7 Å². The number of fused-ring (bicyclic) bond motifs is 3. The van der Waals surface area contributed by atoms with Gasteiger partial charge >= 0.3 is 0 Å². The molecule has 2 aromatic carbocycles. The van der Waals surface area contributed by atoms with Crippen LogP contribution in [0.5, 0.6) is 0 Å². The molecule has 0 radical (unpaired) electrons. The molecule has 178 valence electrons. The number of para-hydroxylation sites is 1. The number of nitrogens with zero attached hydrogens (tertiary/aromatic N) is 6. The summed E-state index contributed by atoms with van der Waals surface area (Å²) in [5, 5.41) is 6.41. The van der Waals surface area contributed by atoms with E-state index in [1.165, 1.54) is 32.1 Å². The lowest BCUT2D eigenvalue weighted by Gasteiger charge is -2.38. The minimum atomic E-state index is 0.475. The molecule has 0 spiro atoms. The zero-order valence-electron chi connectivity index (χ0n) is 19.3. The van der Waals surface area contributed by atoms with E-state index in [9.17, 15) is 0 Å². The third-order valence-electron chi connectivity index (χ3n) is 7.99. The van der Waals surface area contributed by atoms with Crippen LogP contribution in [0.25, 0.3) is 28.0 Å². The standard InChI is InChI=1S/C27H26Cl2N6/c28-18-11-9-17(10-12-18)26-24-25(32-35(26)23-8-4-3-7-22(23)29)27(31-16-30-24)34-15-20-13-21(34)14-33(20)19-5-1-2-6-19/h3-4,7-12,16,19-21H,1-2,5-6,13-15H2/t20-,21-/m0/s1. The van der Waals surface area contributed by atoms with Crippen LogP contribution in [0.1, 0.15) is 32.1 Å². The molecule has 2 aliphatic heterocycles. The van der Waals surface area contributed by atoms with E-state index in [-0.39, 0.29) is 0 Å². The van der Waals surface area contributed by atoms with Gasteiger partial charge in [-0.2, -0.15) is 5.10 Å². The van der Waals surface area contributed by atoms with Crippen molar-refractivity contribution in [1.29, 1.82) is 0 Å². The fourth-order valence-electron chi connectivity index (χ4n) is 6.40. The molecule has 3 fully saturated rings. The van der Waals surface area contributed by atoms with Crippen LogP contribution >= 0.6 is 23.2 Å². The zero-order valence-corrected chi connectivity index (χ0v) is 20.8. The van der Waals surface area contributed by atoms with E-state index in [1.807, 2.05) is 53.2 Å². The van der Waals surface area contributed by atoms with Gasteiger partial charge in [0.1, 0.15) is 17.5 Å². The Labute approximate surface area is 214 Å². The summed E-state index contributed by atoms with van der Waals surface area (Å²) in [4.78, 5) is 14.7. The summed E-state index contributed by atoms with van der Waals surface area (Å²) >= 11 is 12.8. The Bertz CT molecular complexity index is 1390. The molecule has 7 rings (SSSR count). The average Bonchev–Trinajstić information content (AvgIpc) is 3.67. The molecule has 2 atom stereocenters. The molecule has 6 nitrogen and oxygen atoms in total. The normalized spacial score (nSPS) is 22.6. The first-order valence-corrected chi connectivity index (χ1v) is 13.2. The molecule has 35 heavy (non-hydrogen) atoms. The quantitative estimate of drug-likeness (QED) is 0.341. The van der Waals surface area contributed by atoms with Gasteiger partial charge < -0.3 is 4.90 Å². The number of hydrogen-bond acceptors (Lipinski definition) is 5. The van der Waals surface area contributed by atoms with Crippen molar-refractivity contribution in [1.82, 2.24) is 24.6 Å². The summed E-state index contributed by atoms with van der Waals surface area (Å²) < 4.78 is 1.91. The van der Waals surface area contributed by atoms with Gasteiger partial charge in [0.15, 0.2) is 11.3 Å². The van der Waals surface area contributed by atoms with Crippen LogP contribution in [0, 0.1) is 0 Å². The van der Waals surface area contributed by atoms with Crippen LogP contribution in [0.3, 0.4) is 0 Å². The smallest absolute Gasteiger partial charge is 0.160 e. The van der Waals surface area contributed by atoms with Crippen LogP contribution in [-0.2, 0) is 0 Å². The first-order chi connectivity index (χ1) is 17.2. The Morgan fingerprint density at radius 3 is 2.34 bits per heavy atom. The summed E-state index contributed by atoms with van der Waals surface area (Å²) in [7, 11) is 0. The van der Waals surface area contributed by atoms with Crippen LogP contribution in [0.15, 0.2) is 54.9 Å². The van der Waals surface area contributed by atoms with Gasteiger partial charge in [-0.3, -0.25) is 4.90 Å². The minimum absolute atomic E-state index is 0.475. The number of hydrogen-bond donors (Lipinski definition) is 0. The Balaban J connectivity index is 1.34. The third-order valence-corrected chi connectivity index (χ3v) is 8.56. The van der Waals surface area contributed by atoms with Gasteiger partial charge in [0.2, 0.25) is 0 Å². The van der Waals surface area contributed by atoms with Crippen molar-refractivity contribution in [2.24, 2.45) is 0 Å². The average molecular weight is 505 g/mol. The van der Waals surface area contributed by atoms with E-state index < -0.39 is 0 Å². The van der Waals surface area contributed by atoms with E-state index >= 15 is 0 Å². The van der Waals surface area contributed by atoms with Gasteiger partial charge in [-0.05, 0) is 43.5 Å². The number of benzene rings is 2. The Morgan fingerprint density at radius 1 is 0.800 bits per heavy atom. The van der Waals surface area contributed by atoms with Crippen LogP contribution in [-0.4, -0.2) is 55.9 Å². The zero-order chi connectivity index (χ0) is 23.5. The molecule has 1 aliphatic carbocycles. The summed E-state index contributed by atoms with van der Waals surface area (Å²) in [6.07, 6.45) is 8.35. The second-order valence-corrected chi connectivity index (χ2v) is 10.8. The highest BCUT2D eigenvalue weighted by Gasteiger charge is 2.47. The molecule has 2 saturated heterocycles. The minimum Gasteiger partial charge on any atom is -0.349 e. The molecule has 0 unspecified atom stereocenters. The molecule has 0 amide bonds. The number of halogens is 2. The lowest BCUT2D eigenvalue weighted by Crippen LogP contribution is -2.50. The lowest BCUT2D eigenvalue weighted by molar-refractivity contribution is 0.170. The first kappa shape index (κ1) is 21.6. The Morgan fingerprint density at radius 2 is 1.60 bits per heavy atom. The summed E-state index contributed by atoms with van der Waals surface area (Å²) in [5.74, 6) is 0.926. The van der Waals surface area contributed by atoms with Crippen molar-refractivity contribution in [3.63, 3.8) is 0 Å². The maximum absolute atomic E-state index is 6.63. The largest absolute Gasteiger partial charge is 0.349 e. The van der Waals surface area contributed by atoms with Gasteiger partial charge in [-0.15, -0.1) is 0 Å². The number of likely N-dealkylation sites (tertiary alicyclic amines) is 1. The highest BCUT2D eigenvalue weighted by atomic mass is 35.5. The third kappa shape index (κ3) is 3.53. The fraction of sp³-hybridized carbons (Fsp3) is 0.370. The second kappa shape index (κ2) is 8.47. The van der Waals surface area contributed by atoms with Gasteiger partial charge in [-0.25, -0.2) is 14.6 Å². The predicted octanol–water partition coefficient (Wildman–Crippen LogP) is 5.99. The number of piperazine rings is 1. The fourth-order valence-corrected chi connectivity index (χ4v) is 6.74. The van der Waals surface area contributed by atoms with E-state index in [0.717, 1.165) is 52.9 Å². The van der Waals surface area contributed by atoms with E-state index in [1.54, 1.807) is 6.33 Å². The molecule has 4 aromatic rings. The second-order valence-electron chi connectivity index (χ2n) is 9.94. The summed E-state index contributed by atoms with van der Waals surface area (Å²) in [6, 6.07) is 17.4. The molecular formula is C27H26Cl2N6. The van der Waals surface area contributed by atoms with Gasteiger partial charge in [-0.1, -0.05) is 60.3 Å². The topological polar surface area (TPSA) is 50.1 Å². The van der Waals surface area contributed by atoms with E-state index in [0.29, 0.717) is 22.1 Å². The molecule has 2 aromatic heterocycles. The highest BCUT2D eigenvalue weighted by Crippen LogP contribution is 2.41. The summed E-state index contributed by atoms with van der Waals surface area (Å²) in [5.41, 5.74) is 4.34. The van der Waals surface area contributed by atoms with Crippen molar-refractivity contribution in [2.75, 3.05) is 18.0 Å². The van der Waals surface area contributed by atoms with Crippen molar-refractivity contribution in [3.8, 4) is 16.9 Å². The van der Waals surface area contributed by atoms with Crippen LogP contribution < -0.4 is 4.90 Å². The molecule has 8 heteroatoms. The van der Waals surface area contributed by atoms with Crippen molar-refractivity contribution >= 4 is 40.1 Å². The SMILES string of the molecule is Clc1ccc(-c2c3ncnc(N4C[C@@H]5C[C@H]4CN5C4CCCC4)c3nn2-c2ccccc2Cl)cc1. The molecule has 3 aliphatic rings. The molecule has 2 bridgehead atoms. The Hall–Kier alpha value is -2.67. The van der Waals surface area contributed by atoms with Gasteiger partial charge in [0, 0.05) is 41.8 Å². The maximum Gasteiger partial charge on any atom is 0.160 e. The van der Waals surface area contributed by atoms with Crippen molar-refractivity contribution in [3.05, 3.63) is 64.9 Å². The van der Waals surface area contributed by atoms with Crippen LogP contribution in [0.2, 0.25) is 10.0 Å². The lowest BCUT2D eigenvalue weighted by atomic mass is 10.1. The monoisotopic (exact) mass is 504 g/mol. The van der Waals surface area contributed by atoms with Crippen molar-refractivity contribution < 1.29 is 0 Å². The van der Waals surface area contributed by atoms with Crippen LogP contribution in [0.4, 0.5) is 5.82 Å². The Kier molecular flexibility index (Phi) is 5.23. The number of rotatable bonds is 4. The summed E-state index contributed by atoms with van der Waals surface area (Å²) in [6.45, 7) is 2.12. The molecule has 4 heterocycles. The first-order valence-electron chi connectivity index (χ1n) is 12.4. The molecule has 1 saturated carbocycles. The van der Waals surface area contributed by atoms with Gasteiger partial charge in [0.25, 0.3) is 0 Å². The molecule has 0 N–H and O–H groups in total. The maximum atomic E-state index is 6.63.